The Morgan fingerprint density at radius 1 is 1.12 bits per heavy atom. The van der Waals surface area contributed by atoms with Crippen LogP contribution in [-0.4, -0.2) is 11.2 Å². The third-order valence-corrected chi connectivity index (χ3v) is 2.26. The van der Waals surface area contributed by atoms with Crippen LogP contribution in [-0.2, 0) is 0 Å². The Hall–Kier alpha value is -0.0400. The molecule has 1 nitrogen and oxygen atoms in total. The molecule has 0 aromatic carbocycles. The minimum Gasteiger partial charge on any atom is -0.393 e. The number of aliphatic hydroxyl groups is 1. The molecule has 48 valence electrons. The summed E-state index contributed by atoms with van der Waals surface area (Å²) in [4.78, 5) is 0. The standard InChI is InChI=1S/C7H14O/c1-5-3-7(8)4-6(5)2/h5-8H,3-4H2,1-2H3/t5-,6+,7+. The second-order valence-corrected chi connectivity index (χ2v) is 3.08. The third kappa shape index (κ3) is 1.03. The number of hydrogen-bond acceptors (Lipinski definition) is 1. The molecule has 1 rings (SSSR count). The first-order valence-electron chi connectivity index (χ1n) is 3.38. The van der Waals surface area contributed by atoms with Crippen molar-refractivity contribution in [3.63, 3.8) is 0 Å². The highest BCUT2D eigenvalue weighted by atomic mass is 16.3. The van der Waals surface area contributed by atoms with Gasteiger partial charge in [-0.2, -0.15) is 0 Å². The maximum absolute atomic E-state index is 9.07. The topological polar surface area (TPSA) is 20.2 Å². The van der Waals surface area contributed by atoms with Gasteiger partial charge in [0.1, 0.15) is 0 Å². The Balaban J connectivity index is 2.39. The Morgan fingerprint density at radius 3 is 1.62 bits per heavy atom. The van der Waals surface area contributed by atoms with Crippen molar-refractivity contribution in [2.45, 2.75) is 32.8 Å². The van der Waals surface area contributed by atoms with Crippen LogP contribution >= 0.6 is 0 Å². The van der Waals surface area contributed by atoms with Crippen molar-refractivity contribution in [1.82, 2.24) is 0 Å². The van der Waals surface area contributed by atoms with E-state index in [-0.39, 0.29) is 6.10 Å². The van der Waals surface area contributed by atoms with Gasteiger partial charge in [0.25, 0.3) is 0 Å². The zero-order chi connectivity index (χ0) is 6.15. The van der Waals surface area contributed by atoms with Crippen molar-refractivity contribution in [3.8, 4) is 0 Å². The summed E-state index contributed by atoms with van der Waals surface area (Å²) in [6.07, 6.45) is 2.03. The SMILES string of the molecule is C[C@@H]1C[C@H](O)C[C@@H]1C. The van der Waals surface area contributed by atoms with Crippen LogP contribution in [0.15, 0.2) is 0 Å². The Labute approximate surface area is 50.7 Å². The van der Waals surface area contributed by atoms with Gasteiger partial charge in [0.05, 0.1) is 6.10 Å². The van der Waals surface area contributed by atoms with Crippen molar-refractivity contribution in [2.75, 3.05) is 0 Å². The zero-order valence-corrected chi connectivity index (χ0v) is 5.59. The average Bonchev–Trinajstić information content (AvgIpc) is 1.85. The summed E-state index contributed by atoms with van der Waals surface area (Å²) in [6.45, 7) is 4.42. The first-order chi connectivity index (χ1) is 3.70. The van der Waals surface area contributed by atoms with Crippen LogP contribution in [0.25, 0.3) is 0 Å². The minimum absolute atomic E-state index is 0.000000000000000222. The minimum atomic E-state index is -0.000000000000000222. The molecule has 1 saturated carbocycles. The van der Waals surface area contributed by atoms with Crippen LogP contribution in [0.2, 0.25) is 0 Å². The Bertz CT molecular complexity index is 70.5. The van der Waals surface area contributed by atoms with Crippen molar-refractivity contribution in [1.29, 1.82) is 0 Å². The lowest BCUT2D eigenvalue weighted by Crippen LogP contribution is -1.97. The van der Waals surface area contributed by atoms with Crippen molar-refractivity contribution in [2.24, 2.45) is 11.8 Å². The summed E-state index contributed by atoms with van der Waals surface area (Å²) in [5.41, 5.74) is 0. The molecule has 0 aliphatic heterocycles. The van der Waals surface area contributed by atoms with E-state index in [0.29, 0.717) is 0 Å². The Kier molecular flexibility index (Phi) is 1.57. The molecule has 0 saturated heterocycles. The quantitative estimate of drug-likeness (QED) is 0.505. The summed E-state index contributed by atoms with van der Waals surface area (Å²) in [6, 6.07) is 0. The molecule has 0 spiro atoms. The van der Waals surface area contributed by atoms with Crippen LogP contribution in [0.3, 0.4) is 0 Å². The number of hydrogen-bond donors (Lipinski definition) is 1. The van der Waals surface area contributed by atoms with Gasteiger partial charge >= 0.3 is 0 Å². The summed E-state index contributed by atoms with van der Waals surface area (Å²) in [5, 5.41) is 9.07. The van der Waals surface area contributed by atoms with E-state index in [2.05, 4.69) is 13.8 Å². The van der Waals surface area contributed by atoms with Gasteiger partial charge in [-0.15, -0.1) is 0 Å². The van der Waals surface area contributed by atoms with E-state index in [0.717, 1.165) is 24.7 Å². The molecule has 3 atom stereocenters. The van der Waals surface area contributed by atoms with E-state index >= 15 is 0 Å². The maximum atomic E-state index is 9.07. The van der Waals surface area contributed by atoms with E-state index in [1.54, 1.807) is 0 Å². The van der Waals surface area contributed by atoms with Gasteiger partial charge in [-0.1, -0.05) is 13.8 Å². The highest BCUT2D eigenvalue weighted by molar-refractivity contribution is 4.76. The molecule has 1 heteroatoms. The van der Waals surface area contributed by atoms with Gasteiger partial charge in [-0.25, -0.2) is 0 Å². The van der Waals surface area contributed by atoms with Gasteiger partial charge in [-0.3, -0.25) is 0 Å². The molecule has 0 aromatic heterocycles. The maximum Gasteiger partial charge on any atom is 0.0545 e. The van der Waals surface area contributed by atoms with Crippen molar-refractivity contribution in [3.05, 3.63) is 0 Å². The molecule has 1 fully saturated rings. The molecular weight excluding hydrogens is 100 g/mol. The lowest BCUT2D eigenvalue weighted by molar-refractivity contribution is 0.176. The van der Waals surface area contributed by atoms with Crippen LogP contribution < -0.4 is 0 Å². The number of rotatable bonds is 0. The lowest BCUT2D eigenvalue weighted by Gasteiger charge is -2.04. The lowest BCUT2D eigenvalue weighted by atomic mass is 10.0. The fourth-order valence-corrected chi connectivity index (χ4v) is 1.42. The van der Waals surface area contributed by atoms with E-state index in [1.807, 2.05) is 0 Å². The molecule has 0 radical (unpaired) electrons. The van der Waals surface area contributed by atoms with Crippen LogP contribution in [0.5, 0.6) is 0 Å². The second-order valence-electron chi connectivity index (χ2n) is 3.08. The fraction of sp³-hybridized carbons (Fsp3) is 1.00. The van der Waals surface area contributed by atoms with E-state index < -0.39 is 0 Å². The molecule has 0 aromatic rings. The third-order valence-electron chi connectivity index (χ3n) is 2.26. The monoisotopic (exact) mass is 114 g/mol. The fourth-order valence-electron chi connectivity index (χ4n) is 1.42. The van der Waals surface area contributed by atoms with Crippen LogP contribution in [0.1, 0.15) is 26.7 Å². The normalized spacial score (nSPS) is 47.6. The van der Waals surface area contributed by atoms with Gasteiger partial charge < -0.3 is 5.11 Å². The van der Waals surface area contributed by atoms with E-state index in [4.69, 9.17) is 5.11 Å². The highest BCUT2D eigenvalue weighted by Crippen LogP contribution is 2.30. The molecule has 1 aliphatic carbocycles. The summed E-state index contributed by atoms with van der Waals surface area (Å²) < 4.78 is 0. The van der Waals surface area contributed by atoms with Crippen molar-refractivity contribution >= 4 is 0 Å². The first-order valence-corrected chi connectivity index (χ1v) is 3.38. The highest BCUT2D eigenvalue weighted by Gasteiger charge is 2.25. The van der Waals surface area contributed by atoms with E-state index in [9.17, 15) is 0 Å². The predicted octanol–water partition coefficient (Wildman–Crippen LogP) is 1.41. The molecule has 8 heavy (non-hydrogen) atoms. The molecule has 1 aliphatic rings. The number of aliphatic hydroxyl groups excluding tert-OH is 1. The van der Waals surface area contributed by atoms with Gasteiger partial charge in [0.15, 0.2) is 0 Å². The second kappa shape index (κ2) is 2.06. The largest absolute Gasteiger partial charge is 0.393 e. The van der Waals surface area contributed by atoms with Crippen LogP contribution in [0, 0.1) is 11.8 Å². The Morgan fingerprint density at radius 2 is 1.50 bits per heavy atom. The predicted molar refractivity (Wildman–Crippen MR) is 33.6 cm³/mol. The first kappa shape index (κ1) is 6.09. The zero-order valence-electron chi connectivity index (χ0n) is 5.59. The molecule has 0 unspecified atom stereocenters. The van der Waals surface area contributed by atoms with Gasteiger partial charge in [-0.05, 0) is 24.7 Å². The smallest absolute Gasteiger partial charge is 0.0545 e. The summed E-state index contributed by atoms with van der Waals surface area (Å²) >= 11 is 0. The van der Waals surface area contributed by atoms with Gasteiger partial charge in [0, 0.05) is 0 Å². The average molecular weight is 114 g/mol. The molecule has 0 amide bonds. The summed E-state index contributed by atoms with van der Waals surface area (Å²) in [7, 11) is 0. The van der Waals surface area contributed by atoms with Crippen molar-refractivity contribution < 1.29 is 5.11 Å². The van der Waals surface area contributed by atoms with Crippen LogP contribution in [0.4, 0.5) is 0 Å². The van der Waals surface area contributed by atoms with E-state index in [1.165, 1.54) is 0 Å². The molecule has 1 N–H and O–H groups in total. The molecule has 0 heterocycles. The summed E-state index contributed by atoms with van der Waals surface area (Å²) in [5.74, 6) is 1.48. The molecular formula is C7H14O. The van der Waals surface area contributed by atoms with Gasteiger partial charge in [0.2, 0.25) is 0 Å². The molecule has 0 bridgehead atoms.